The molecule has 0 spiro atoms. The molecule has 166 valence electrons. The van der Waals surface area contributed by atoms with E-state index in [1.165, 1.54) is 30.3 Å². The number of aromatic carboxylic acids is 1. The van der Waals surface area contributed by atoms with Crippen LogP contribution in [0.5, 0.6) is 5.75 Å². The van der Waals surface area contributed by atoms with Crippen LogP contribution < -0.4 is 10.1 Å². The average Bonchev–Trinajstić information content (AvgIpc) is 2.77. The highest BCUT2D eigenvalue weighted by atomic mass is 35.5. The van der Waals surface area contributed by atoms with Crippen molar-refractivity contribution in [3.8, 4) is 11.8 Å². The van der Waals surface area contributed by atoms with Gasteiger partial charge >= 0.3 is 5.97 Å². The van der Waals surface area contributed by atoms with Gasteiger partial charge in [0.15, 0.2) is 0 Å². The van der Waals surface area contributed by atoms with Gasteiger partial charge in [0.05, 0.1) is 10.6 Å². The summed E-state index contributed by atoms with van der Waals surface area (Å²) in [6.07, 6.45) is 1.32. The molecule has 0 saturated heterocycles. The third-order valence-corrected chi connectivity index (χ3v) is 5.10. The summed E-state index contributed by atoms with van der Waals surface area (Å²) in [5.74, 6) is -1.46. The van der Waals surface area contributed by atoms with Crippen LogP contribution in [0, 0.1) is 11.3 Å². The fraction of sp³-hybridized carbons (Fsp3) is 0.0417. The van der Waals surface area contributed by atoms with Crippen molar-refractivity contribution in [3.63, 3.8) is 0 Å². The van der Waals surface area contributed by atoms with Crippen LogP contribution >= 0.6 is 34.8 Å². The summed E-state index contributed by atoms with van der Waals surface area (Å²) in [5, 5.41) is 22.1. The lowest BCUT2D eigenvalue weighted by Gasteiger charge is -2.13. The van der Waals surface area contributed by atoms with E-state index >= 15 is 0 Å². The second-order valence-electron chi connectivity index (χ2n) is 6.73. The smallest absolute Gasteiger partial charge is 0.335 e. The maximum absolute atomic E-state index is 12.6. The first kappa shape index (κ1) is 24.1. The van der Waals surface area contributed by atoms with E-state index in [1.807, 2.05) is 6.07 Å². The van der Waals surface area contributed by atoms with E-state index in [4.69, 9.17) is 44.6 Å². The number of amides is 1. The van der Waals surface area contributed by atoms with Crippen molar-refractivity contribution in [3.05, 3.63) is 98.0 Å². The Hall–Kier alpha value is -3.50. The molecule has 3 aromatic rings. The summed E-state index contributed by atoms with van der Waals surface area (Å²) in [7, 11) is 0. The number of hydrogen-bond donors (Lipinski definition) is 2. The number of nitriles is 1. The number of benzene rings is 3. The van der Waals surface area contributed by atoms with E-state index in [1.54, 1.807) is 36.4 Å². The predicted molar refractivity (Wildman–Crippen MR) is 128 cm³/mol. The van der Waals surface area contributed by atoms with E-state index in [0.29, 0.717) is 21.8 Å². The number of nitrogens with zero attached hydrogens (tertiary/aromatic N) is 1. The molecule has 2 N–H and O–H groups in total. The monoisotopic (exact) mass is 500 g/mol. The number of halogens is 3. The third-order valence-electron chi connectivity index (χ3n) is 4.37. The highest BCUT2D eigenvalue weighted by Gasteiger charge is 2.15. The van der Waals surface area contributed by atoms with Gasteiger partial charge in [-0.3, -0.25) is 4.79 Å². The molecule has 9 heteroatoms. The first-order valence-electron chi connectivity index (χ1n) is 9.39. The minimum Gasteiger partial charge on any atom is -0.487 e. The molecular formula is C24H15Cl3N2O4. The third kappa shape index (κ3) is 6.50. The summed E-state index contributed by atoms with van der Waals surface area (Å²) in [5.41, 5.74) is 1.40. The Balaban J connectivity index is 1.86. The van der Waals surface area contributed by atoms with Crippen LogP contribution in [0.2, 0.25) is 15.1 Å². The topological polar surface area (TPSA) is 99.4 Å². The number of nitrogens with one attached hydrogen (secondary N) is 1. The lowest BCUT2D eigenvalue weighted by atomic mass is 10.1. The SMILES string of the molecule is N#C/C(=C\c1cc(Cl)cc(Cl)c1OCc1ccc(C(=O)O)cc1)C(=O)Nc1cccc(Cl)c1. The quantitative estimate of drug-likeness (QED) is 0.285. The van der Waals surface area contributed by atoms with Gasteiger partial charge in [0.25, 0.3) is 5.91 Å². The van der Waals surface area contributed by atoms with Crippen LogP contribution in [0.1, 0.15) is 21.5 Å². The zero-order valence-electron chi connectivity index (χ0n) is 16.8. The molecule has 0 saturated carbocycles. The summed E-state index contributed by atoms with van der Waals surface area (Å²) in [6.45, 7) is 0.0681. The van der Waals surface area contributed by atoms with Gasteiger partial charge in [-0.25, -0.2) is 4.79 Å². The largest absolute Gasteiger partial charge is 0.487 e. The lowest BCUT2D eigenvalue weighted by Crippen LogP contribution is -2.13. The van der Waals surface area contributed by atoms with Gasteiger partial charge in [-0.1, -0.05) is 53.0 Å². The van der Waals surface area contributed by atoms with Crippen LogP contribution in [0.3, 0.4) is 0 Å². The Labute approximate surface area is 204 Å². The molecule has 0 aromatic heterocycles. The normalized spacial score (nSPS) is 10.9. The molecule has 0 aliphatic rings. The number of carbonyl (C=O) groups excluding carboxylic acids is 1. The second kappa shape index (κ2) is 10.9. The minimum absolute atomic E-state index is 0.0681. The van der Waals surface area contributed by atoms with E-state index in [9.17, 15) is 14.9 Å². The van der Waals surface area contributed by atoms with Gasteiger partial charge in [-0.15, -0.1) is 0 Å². The summed E-state index contributed by atoms with van der Waals surface area (Å²) in [6, 6.07) is 17.5. The first-order valence-corrected chi connectivity index (χ1v) is 10.5. The molecule has 0 radical (unpaired) electrons. The van der Waals surface area contributed by atoms with Gasteiger partial charge < -0.3 is 15.2 Å². The molecule has 33 heavy (non-hydrogen) atoms. The van der Waals surface area contributed by atoms with Crippen molar-refractivity contribution in [2.75, 3.05) is 5.32 Å². The van der Waals surface area contributed by atoms with Crippen LogP contribution in [-0.2, 0) is 11.4 Å². The van der Waals surface area contributed by atoms with Crippen LogP contribution in [0.4, 0.5) is 5.69 Å². The molecule has 0 atom stereocenters. The molecule has 0 fully saturated rings. The summed E-state index contributed by atoms with van der Waals surface area (Å²) >= 11 is 18.4. The van der Waals surface area contributed by atoms with Crippen molar-refractivity contribution in [1.82, 2.24) is 0 Å². The zero-order valence-corrected chi connectivity index (χ0v) is 19.1. The lowest BCUT2D eigenvalue weighted by molar-refractivity contribution is -0.112. The summed E-state index contributed by atoms with van der Waals surface area (Å²) in [4.78, 5) is 23.6. The van der Waals surface area contributed by atoms with Gasteiger partial charge in [0, 0.05) is 21.3 Å². The maximum atomic E-state index is 12.6. The van der Waals surface area contributed by atoms with Crippen molar-refractivity contribution >= 4 is 58.4 Å². The number of carboxylic acid groups (broad SMARTS) is 1. The number of carboxylic acids is 1. The molecule has 0 aliphatic heterocycles. The Kier molecular flexibility index (Phi) is 7.96. The van der Waals surface area contributed by atoms with E-state index in [2.05, 4.69) is 5.32 Å². The molecular weight excluding hydrogens is 487 g/mol. The van der Waals surface area contributed by atoms with Crippen LogP contribution in [0.15, 0.2) is 66.2 Å². The molecule has 0 heterocycles. The number of rotatable bonds is 7. The molecule has 3 aromatic carbocycles. The van der Waals surface area contributed by atoms with Crippen molar-refractivity contribution in [1.29, 1.82) is 5.26 Å². The molecule has 3 rings (SSSR count). The zero-order chi connectivity index (χ0) is 24.0. The molecule has 0 aliphatic carbocycles. The van der Waals surface area contributed by atoms with Gasteiger partial charge in [-0.05, 0) is 54.1 Å². The van der Waals surface area contributed by atoms with E-state index in [0.717, 1.165) is 0 Å². The molecule has 6 nitrogen and oxygen atoms in total. The van der Waals surface area contributed by atoms with Gasteiger partial charge in [-0.2, -0.15) is 5.26 Å². The number of hydrogen-bond acceptors (Lipinski definition) is 4. The fourth-order valence-corrected chi connectivity index (χ4v) is 3.56. The Morgan fingerprint density at radius 2 is 1.76 bits per heavy atom. The maximum Gasteiger partial charge on any atom is 0.335 e. The first-order chi connectivity index (χ1) is 15.8. The highest BCUT2D eigenvalue weighted by molar-refractivity contribution is 6.36. The van der Waals surface area contributed by atoms with E-state index < -0.39 is 11.9 Å². The van der Waals surface area contributed by atoms with Crippen LogP contribution in [-0.4, -0.2) is 17.0 Å². The van der Waals surface area contributed by atoms with Crippen molar-refractivity contribution < 1.29 is 19.4 Å². The van der Waals surface area contributed by atoms with Crippen LogP contribution in [0.25, 0.3) is 6.08 Å². The van der Waals surface area contributed by atoms with Crippen molar-refractivity contribution in [2.24, 2.45) is 0 Å². The second-order valence-corrected chi connectivity index (χ2v) is 8.01. The average molecular weight is 502 g/mol. The minimum atomic E-state index is -1.03. The Morgan fingerprint density at radius 1 is 1.03 bits per heavy atom. The molecule has 0 unspecified atom stereocenters. The number of ether oxygens (including phenoxy) is 1. The molecule has 1 amide bonds. The Morgan fingerprint density at radius 3 is 2.39 bits per heavy atom. The fourth-order valence-electron chi connectivity index (χ4n) is 2.81. The standard InChI is InChI=1S/C24H15Cl3N2O4/c25-18-2-1-3-20(10-18)29-23(30)17(12-28)8-16-9-19(26)11-21(27)22(16)33-13-14-4-6-15(7-5-14)24(31)32/h1-11H,13H2,(H,29,30)(H,31,32)/b17-8+. The highest BCUT2D eigenvalue weighted by Crippen LogP contribution is 2.34. The number of carbonyl (C=O) groups is 2. The van der Waals surface area contributed by atoms with Gasteiger partial charge in [0.1, 0.15) is 24.0 Å². The Bertz CT molecular complexity index is 1280. The predicted octanol–water partition coefficient (Wildman–Crippen LogP) is 6.47. The summed E-state index contributed by atoms with van der Waals surface area (Å²) < 4.78 is 5.83. The van der Waals surface area contributed by atoms with E-state index in [-0.39, 0.29) is 33.5 Å². The number of anilines is 1. The van der Waals surface area contributed by atoms with Gasteiger partial charge in [0.2, 0.25) is 0 Å². The van der Waals surface area contributed by atoms with Crippen molar-refractivity contribution in [2.45, 2.75) is 6.61 Å². The molecule has 0 bridgehead atoms.